The molecule has 0 saturated carbocycles. The van der Waals surface area contributed by atoms with Gasteiger partial charge in [0.1, 0.15) is 15.7 Å². The number of rotatable bonds is 4. The third-order valence-corrected chi connectivity index (χ3v) is 5.21. The number of nitrogens with one attached hydrogen (secondary N) is 2. The fraction of sp³-hybridized carbons (Fsp3) is 0.500. The summed E-state index contributed by atoms with van der Waals surface area (Å²) in [6, 6.07) is 0.0591. The number of piperidine rings is 1. The lowest BCUT2D eigenvalue weighted by Crippen LogP contribution is -2.42. The monoisotopic (exact) mass is 392 g/mol. The largest absolute Gasteiger partial charge is 0.420 e. The molecule has 1 aliphatic rings. The maximum atomic E-state index is 12.7. The first-order valence-electron chi connectivity index (χ1n) is 7.61. The normalized spacial score (nSPS) is 22.1. The van der Waals surface area contributed by atoms with E-state index < -0.39 is 16.9 Å². The van der Waals surface area contributed by atoms with E-state index in [1.165, 1.54) is 0 Å². The van der Waals surface area contributed by atoms with Gasteiger partial charge in [-0.1, -0.05) is 18.5 Å². The van der Waals surface area contributed by atoms with Crippen molar-refractivity contribution in [1.29, 1.82) is 0 Å². The molecule has 3 rings (SSSR count). The second-order valence-corrected chi connectivity index (χ2v) is 7.27. The van der Waals surface area contributed by atoms with Gasteiger partial charge in [-0.2, -0.15) is 13.2 Å². The van der Waals surface area contributed by atoms with Gasteiger partial charge in [0.05, 0.1) is 6.33 Å². The van der Waals surface area contributed by atoms with Gasteiger partial charge in [-0.05, 0) is 24.3 Å². The van der Waals surface area contributed by atoms with Gasteiger partial charge in [0.25, 0.3) is 0 Å². The van der Waals surface area contributed by atoms with Crippen molar-refractivity contribution in [2.75, 3.05) is 18.4 Å². The number of aromatic nitrogens is 4. The topological polar surface area (TPSA) is 69.7 Å². The number of imidazole rings is 1. The van der Waals surface area contributed by atoms with E-state index in [0.717, 1.165) is 24.5 Å². The van der Waals surface area contributed by atoms with Crippen molar-refractivity contribution in [2.24, 2.45) is 5.92 Å². The van der Waals surface area contributed by atoms with Crippen LogP contribution in [0.4, 0.5) is 19.1 Å². The lowest BCUT2D eigenvalue weighted by atomic mass is 9.95. The summed E-state index contributed by atoms with van der Waals surface area (Å²) in [5.41, 5.74) is -1.03. The van der Waals surface area contributed by atoms with Gasteiger partial charge in [-0.3, -0.25) is 0 Å². The van der Waals surface area contributed by atoms with E-state index in [2.05, 4.69) is 36.5 Å². The number of nitrogens with zero attached hydrogens (tertiary/aromatic N) is 4. The van der Waals surface area contributed by atoms with Crippen LogP contribution in [0.1, 0.15) is 18.9 Å². The molecule has 2 unspecified atom stereocenters. The molecule has 0 spiro atoms. The van der Waals surface area contributed by atoms with Gasteiger partial charge in [-0.25, -0.2) is 19.3 Å². The number of halogens is 4. The first-order valence-corrected chi connectivity index (χ1v) is 8.76. The Morgan fingerprint density at radius 1 is 1.40 bits per heavy atom. The van der Waals surface area contributed by atoms with Crippen LogP contribution >= 0.6 is 23.5 Å². The number of H-pyrrole nitrogens is 1. The van der Waals surface area contributed by atoms with Crippen LogP contribution in [0, 0.1) is 5.92 Å². The van der Waals surface area contributed by atoms with Crippen molar-refractivity contribution in [2.45, 2.75) is 30.6 Å². The lowest BCUT2D eigenvalue weighted by Gasteiger charge is -2.36. The summed E-state index contributed by atoms with van der Waals surface area (Å²) in [6.45, 7) is 3.69. The summed E-state index contributed by atoms with van der Waals surface area (Å²) in [5.74, 6) is 0.369. The van der Waals surface area contributed by atoms with E-state index in [9.17, 15) is 13.2 Å². The van der Waals surface area contributed by atoms with Crippen LogP contribution in [0.5, 0.6) is 0 Å². The van der Waals surface area contributed by atoms with E-state index in [1.54, 1.807) is 18.3 Å². The molecule has 1 aliphatic heterocycles. The zero-order chi connectivity index (χ0) is 18.0. The SMILES string of the molecule is CC1CN(Sc2c[nH]cn2)CCC1Nc1ncc(C(F)(F)F)c(Cl)n1. The molecule has 11 heteroatoms. The molecular formula is C14H16ClF3N6S. The lowest BCUT2D eigenvalue weighted by molar-refractivity contribution is -0.137. The Hall–Kier alpha value is -1.52. The summed E-state index contributed by atoms with van der Waals surface area (Å²) >= 11 is 7.21. The molecule has 6 nitrogen and oxygen atoms in total. The Labute approximate surface area is 151 Å². The Kier molecular flexibility index (Phi) is 5.40. The molecular weight excluding hydrogens is 377 g/mol. The molecule has 0 bridgehead atoms. The average molecular weight is 393 g/mol. The summed E-state index contributed by atoms with van der Waals surface area (Å²) in [7, 11) is 0. The van der Waals surface area contributed by atoms with Gasteiger partial charge in [0, 0.05) is 31.5 Å². The Bertz CT molecular complexity index is 711. The molecule has 1 saturated heterocycles. The molecule has 2 aromatic heterocycles. The highest BCUT2D eigenvalue weighted by Crippen LogP contribution is 2.34. The molecule has 0 radical (unpaired) electrons. The number of aromatic amines is 1. The van der Waals surface area contributed by atoms with Gasteiger partial charge >= 0.3 is 6.18 Å². The van der Waals surface area contributed by atoms with Crippen molar-refractivity contribution < 1.29 is 13.2 Å². The predicted molar refractivity (Wildman–Crippen MR) is 89.3 cm³/mol. The van der Waals surface area contributed by atoms with Crippen molar-refractivity contribution >= 4 is 29.5 Å². The third-order valence-electron chi connectivity index (χ3n) is 3.93. The van der Waals surface area contributed by atoms with Crippen molar-refractivity contribution in [3.8, 4) is 0 Å². The highest BCUT2D eigenvalue weighted by atomic mass is 35.5. The first-order chi connectivity index (χ1) is 11.8. The number of anilines is 1. The molecule has 2 aromatic rings. The van der Waals surface area contributed by atoms with Crippen LogP contribution < -0.4 is 5.32 Å². The number of hydrogen-bond acceptors (Lipinski definition) is 6. The number of alkyl halides is 3. The highest BCUT2D eigenvalue weighted by Gasteiger charge is 2.35. The zero-order valence-electron chi connectivity index (χ0n) is 13.2. The van der Waals surface area contributed by atoms with Crippen LogP contribution in [0.3, 0.4) is 0 Å². The van der Waals surface area contributed by atoms with Crippen LogP contribution in [0.25, 0.3) is 0 Å². The van der Waals surface area contributed by atoms with Crippen LogP contribution in [0.15, 0.2) is 23.7 Å². The van der Waals surface area contributed by atoms with Gasteiger partial charge < -0.3 is 10.3 Å². The van der Waals surface area contributed by atoms with Crippen LogP contribution in [-0.4, -0.2) is 43.4 Å². The first kappa shape index (κ1) is 18.3. The number of hydrogen-bond donors (Lipinski definition) is 2. The molecule has 1 fully saturated rings. The van der Waals surface area contributed by atoms with E-state index in [-0.39, 0.29) is 17.9 Å². The van der Waals surface area contributed by atoms with E-state index in [1.807, 2.05) is 6.20 Å². The Morgan fingerprint density at radius 3 is 2.80 bits per heavy atom. The summed E-state index contributed by atoms with van der Waals surface area (Å²) in [4.78, 5) is 14.6. The molecule has 0 aliphatic carbocycles. The quantitative estimate of drug-likeness (QED) is 0.610. The summed E-state index contributed by atoms with van der Waals surface area (Å²) in [6.07, 6.45) is 0.423. The Balaban J connectivity index is 1.60. The van der Waals surface area contributed by atoms with Crippen molar-refractivity contribution in [1.82, 2.24) is 24.2 Å². The molecule has 136 valence electrons. The molecule has 0 aromatic carbocycles. The second kappa shape index (κ2) is 7.38. The van der Waals surface area contributed by atoms with Crippen LogP contribution in [0.2, 0.25) is 5.15 Å². The standard InChI is InChI=1S/C14H16ClF3N6S/c1-8-6-24(25-11-5-19-7-21-11)3-2-10(8)22-13-20-4-9(12(15)23-13)14(16,17)18/h4-5,7-8,10H,2-3,6H2,1H3,(H,19,21)(H,20,22,23). The van der Waals surface area contributed by atoms with Gasteiger partial charge in [0.2, 0.25) is 5.95 Å². The maximum Gasteiger partial charge on any atom is 0.420 e. The predicted octanol–water partition coefficient (Wildman–Crippen LogP) is 3.70. The molecule has 3 heterocycles. The summed E-state index contributed by atoms with van der Waals surface area (Å²) < 4.78 is 40.3. The molecule has 2 N–H and O–H groups in total. The fourth-order valence-electron chi connectivity index (χ4n) is 2.62. The van der Waals surface area contributed by atoms with Crippen molar-refractivity contribution in [3.05, 3.63) is 29.4 Å². The molecule has 2 atom stereocenters. The fourth-order valence-corrected chi connectivity index (χ4v) is 3.85. The molecule has 0 amide bonds. The van der Waals surface area contributed by atoms with Crippen molar-refractivity contribution in [3.63, 3.8) is 0 Å². The summed E-state index contributed by atoms with van der Waals surface area (Å²) in [5, 5.41) is 3.40. The van der Waals surface area contributed by atoms with Gasteiger partial charge in [-0.15, -0.1) is 0 Å². The second-order valence-electron chi connectivity index (χ2n) is 5.80. The van der Waals surface area contributed by atoms with E-state index >= 15 is 0 Å². The third kappa shape index (κ3) is 4.56. The minimum absolute atomic E-state index is 0.0591. The van der Waals surface area contributed by atoms with E-state index in [4.69, 9.17) is 11.6 Å². The highest BCUT2D eigenvalue weighted by molar-refractivity contribution is 7.97. The van der Waals surface area contributed by atoms with E-state index in [0.29, 0.717) is 6.20 Å². The zero-order valence-corrected chi connectivity index (χ0v) is 14.8. The van der Waals surface area contributed by atoms with Crippen LogP contribution in [-0.2, 0) is 6.18 Å². The molecule has 25 heavy (non-hydrogen) atoms. The maximum absolute atomic E-state index is 12.7. The average Bonchev–Trinajstić information content (AvgIpc) is 3.02. The van der Waals surface area contributed by atoms with Gasteiger partial charge in [0.15, 0.2) is 0 Å². The minimum atomic E-state index is -4.56. The smallest absolute Gasteiger partial charge is 0.351 e. The minimum Gasteiger partial charge on any atom is -0.351 e. The Morgan fingerprint density at radius 2 is 2.20 bits per heavy atom.